The van der Waals surface area contributed by atoms with Gasteiger partial charge in [-0.25, -0.2) is 13.8 Å². The Bertz CT molecular complexity index is 683. The highest BCUT2D eigenvalue weighted by Crippen LogP contribution is 2.21. The highest BCUT2D eigenvalue weighted by atomic mass is 19.2. The number of nitrogens with one attached hydrogen (secondary N) is 1. The lowest BCUT2D eigenvalue weighted by atomic mass is 10.1. The summed E-state index contributed by atoms with van der Waals surface area (Å²) in [5.74, 6) is -1.35. The molecule has 0 amide bonds. The van der Waals surface area contributed by atoms with Gasteiger partial charge in [-0.15, -0.1) is 0 Å². The molecule has 0 fully saturated rings. The molecule has 0 saturated carbocycles. The van der Waals surface area contributed by atoms with Crippen LogP contribution in [0.4, 0.5) is 8.78 Å². The maximum absolute atomic E-state index is 13.1. The van der Waals surface area contributed by atoms with Crippen LogP contribution in [0.25, 0.3) is 11.0 Å². The van der Waals surface area contributed by atoms with E-state index in [2.05, 4.69) is 9.97 Å². The molecule has 3 nitrogen and oxygen atoms in total. The van der Waals surface area contributed by atoms with Gasteiger partial charge in [0.2, 0.25) is 0 Å². The fourth-order valence-electron chi connectivity index (χ4n) is 1.99. The lowest BCUT2D eigenvalue weighted by Crippen LogP contribution is -2.13. The molecule has 0 radical (unpaired) electrons. The van der Waals surface area contributed by atoms with Crippen molar-refractivity contribution < 1.29 is 8.78 Å². The summed E-state index contributed by atoms with van der Waals surface area (Å²) in [7, 11) is 0. The van der Waals surface area contributed by atoms with Gasteiger partial charge in [-0.05, 0) is 5.56 Å². The van der Waals surface area contributed by atoms with Crippen LogP contribution in [0, 0.1) is 11.6 Å². The lowest BCUT2D eigenvalue weighted by molar-refractivity contribution is 0.510. The molecule has 3 aromatic rings. The molecule has 19 heavy (non-hydrogen) atoms. The number of imidazole rings is 1. The molecule has 96 valence electrons. The van der Waals surface area contributed by atoms with Crippen molar-refractivity contribution >= 4 is 11.0 Å². The van der Waals surface area contributed by atoms with Gasteiger partial charge in [-0.1, -0.05) is 30.3 Å². The van der Waals surface area contributed by atoms with Gasteiger partial charge in [-0.2, -0.15) is 0 Å². The molecule has 0 aliphatic carbocycles. The van der Waals surface area contributed by atoms with Crippen molar-refractivity contribution in [2.24, 2.45) is 5.73 Å². The molecule has 0 aliphatic heterocycles. The van der Waals surface area contributed by atoms with Crippen molar-refractivity contribution in [3.8, 4) is 0 Å². The van der Waals surface area contributed by atoms with E-state index < -0.39 is 17.7 Å². The number of benzene rings is 2. The van der Waals surface area contributed by atoms with Crippen LogP contribution >= 0.6 is 0 Å². The fourth-order valence-corrected chi connectivity index (χ4v) is 1.99. The molecule has 0 saturated heterocycles. The number of hydrogen-bond donors (Lipinski definition) is 2. The molecule has 0 unspecified atom stereocenters. The van der Waals surface area contributed by atoms with Crippen molar-refractivity contribution in [2.75, 3.05) is 0 Å². The third-order valence-corrected chi connectivity index (χ3v) is 3.00. The Kier molecular flexibility index (Phi) is 2.76. The van der Waals surface area contributed by atoms with Gasteiger partial charge in [0.25, 0.3) is 0 Å². The summed E-state index contributed by atoms with van der Waals surface area (Å²) < 4.78 is 26.2. The highest BCUT2D eigenvalue weighted by Gasteiger charge is 2.14. The predicted molar refractivity (Wildman–Crippen MR) is 68.5 cm³/mol. The first kappa shape index (κ1) is 11.8. The van der Waals surface area contributed by atoms with Gasteiger partial charge in [-0.3, -0.25) is 0 Å². The molecule has 2 aromatic carbocycles. The van der Waals surface area contributed by atoms with E-state index in [1.807, 2.05) is 30.3 Å². The van der Waals surface area contributed by atoms with Gasteiger partial charge in [0.15, 0.2) is 11.6 Å². The molecule has 1 aromatic heterocycles. The zero-order valence-electron chi connectivity index (χ0n) is 9.90. The topological polar surface area (TPSA) is 54.7 Å². The zero-order chi connectivity index (χ0) is 13.4. The number of nitrogens with two attached hydrogens (primary N) is 1. The van der Waals surface area contributed by atoms with Crippen LogP contribution in [0.2, 0.25) is 0 Å². The summed E-state index contributed by atoms with van der Waals surface area (Å²) in [6.45, 7) is 0. The Morgan fingerprint density at radius 2 is 1.74 bits per heavy atom. The van der Waals surface area contributed by atoms with Gasteiger partial charge in [0, 0.05) is 12.1 Å². The van der Waals surface area contributed by atoms with Crippen LogP contribution in [-0.2, 0) is 0 Å². The van der Waals surface area contributed by atoms with E-state index >= 15 is 0 Å². The Balaban J connectivity index is 2.06. The number of halogens is 2. The average Bonchev–Trinajstić information content (AvgIpc) is 2.82. The number of H-pyrrole nitrogens is 1. The van der Waals surface area contributed by atoms with Crippen molar-refractivity contribution in [1.82, 2.24) is 9.97 Å². The predicted octanol–water partition coefficient (Wildman–Crippen LogP) is 2.89. The minimum Gasteiger partial charge on any atom is -0.340 e. The second-order valence-electron chi connectivity index (χ2n) is 4.29. The largest absolute Gasteiger partial charge is 0.340 e. The summed E-state index contributed by atoms with van der Waals surface area (Å²) in [4.78, 5) is 7.12. The van der Waals surface area contributed by atoms with Gasteiger partial charge < -0.3 is 10.7 Å². The minimum absolute atomic E-state index is 0.361. The van der Waals surface area contributed by atoms with Crippen molar-refractivity contribution in [2.45, 2.75) is 6.04 Å². The maximum Gasteiger partial charge on any atom is 0.161 e. The first-order chi connectivity index (χ1) is 9.15. The van der Waals surface area contributed by atoms with Crippen LogP contribution in [0.15, 0.2) is 42.5 Å². The van der Waals surface area contributed by atoms with Gasteiger partial charge >= 0.3 is 0 Å². The highest BCUT2D eigenvalue weighted by molar-refractivity contribution is 5.75. The molecule has 0 aliphatic rings. The van der Waals surface area contributed by atoms with Gasteiger partial charge in [0.05, 0.1) is 17.1 Å². The van der Waals surface area contributed by atoms with E-state index in [9.17, 15) is 8.78 Å². The molecular formula is C14H11F2N3. The fraction of sp³-hybridized carbons (Fsp3) is 0.0714. The first-order valence-corrected chi connectivity index (χ1v) is 5.80. The van der Waals surface area contributed by atoms with Crippen LogP contribution in [0.5, 0.6) is 0 Å². The van der Waals surface area contributed by atoms with Crippen molar-refractivity contribution in [3.63, 3.8) is 0 Å². The molecule has 3 N–H and O–H groups in total. The number of fused-ring (bicyclic) bond motifs is 1. The Hall–Kier alpha value is -2.27. The second kappa shape index (κ2) is 4.44. The number of hydrogen-bond acceptors (Lipinski definition) is 2. The van der Waals surface area contributed by atoms with E-state index in [4.69, 9.17) is 5.73 Å². The molecule has 1 heterocycles. The average molecular weight is 259 g/mol. The standard InChI is InChI=1S/C14H11F2N3/c15-9-6-11-12(7-10(9)16)19-14(18-11)13(17)8-4-2-1-3-5-8/h1-7,13H,17H2,(H,18,19)/t13-/m0/s1. The number of rotatable bonds is 2. The molecule has 0 spiro atoms. The Morgan fingerprint density at radius 3 is 2.47 bits per heavy atom. The van der Waals surface area contributed by atoms with Crippen molar-refractivity contribution in [1.29, 1.82) is 0 Å². The quantitative estimate of drug-likeness (QED) is 0.743. The minimum atomic E-state index is -0.918. The summed E-state index contributed by atoms with van der Waals surface area (Å²) >= 11 is 0. The van der Waals surface area contributed by atoms with Crippen molar-refractivity contribution in [3.05, 3.63) is 65.5 Å². The summed E-state index contributed by atoms with van der Waals surface area (Å²) in [5.41, 5.74) is 7.74. The van der Waals surface area contributed by atoms with Crippen LogP contribution in [0.1, 0.15) is 17.4 Å². The van der Waals surface area contributed by atoms with Crippen LogP contribution in [0.3, 0.4) is 0 Å². The smallest absolute Gasteiger partial charge is 0.161 e. The normalized spacial score (nSPS) is 12.8. The molecular weight excluding hydrogens is 248 g/mol. The van der Waals surface area contributed by atoms with Crippen LogP contribution < -0.4 is 5.73 Å². The Morgan fingerprint density at radius 1 is 1.05 bits per heavy atom. The second-order valence-corrected chi connectivity index (χ2v) is 4.29. The zero-order valence-corrected chi connectivity index (χ0v) is 9.90. The SMILES string of the molecule is N[C@@H](c1ccccc1)c1nc2cc(F)c(F)cc2[nH]1. The third kappa shape index (κ3) is 2.08. The van der Waals surface area contributed by atoms with E-state index in [1.54, 1.807) is 0 Å². The number of aromatic amines is 1. The summed E-state index contributed by atoms with van der Waals surface area (Å²) in [6, 6.07) is 11.1. The third-order valence-electron chi connectivity index (χ3n) is 3.00. The van der Waals surface area contributed by atoms with Gasteiger partial charge in [0.1, 0.15) is 5.82 Å². The molecule has 0 bridgehead atoms. The first-order valence-electron chi connectivity index (χ1n) is 5.80. The summed E-state index contributed by atoms with van der Waals surface area (Å²) in [6.07, 6.45) is 0. The van der Waals surface area contributed by atoms with Crippen LogP contribution in [-0.4, -0.2) is 9.97 Å². The number of aromatic nitrogens is 2. The van der Waals surface area contributed by atoms with E-state index in [0.29, 0.717) is 16.9 Å². The number of nitrogens with zero attached hydrogens (tertiary/aromatic N) is 1. The summed E-state index contributed by atoms with van der Waals surface area (Å²) in [5, 5.41) is 0. The van der Waals surface area contributed by atoms with E-state index in [0.717, 1.165) is 17.7 Å². The molecule has 1 atom stereocenters. The Labute approximate surface area is 108 Å². The lowest BCUT2D eigenvalue weighted by Gasteiger charge is -2.08. The molecule has 3 rings (SSSR count). The molecule has 5 heteroatoms. The maximum atomic E-state index is 13.1. The van der Waals surface area contributed by atoms with E-state index in [1.165, 1.54) is 0 Å². The monoisotopic (exact) mass is 259 g/mol. The van der Waals surface area contributed by atoms with E-state index in [-0.39, 0.29) is 0 Å².